The molecular formula is C26H35FN4O4S. The summed E-state index contributed by atoms with van der Waals surface area (Å²) in [5.41, 5.74) is 1.66. The van der Waals surface area contributed by atoms with Gasteiger partial charge in [0.15, 0.2) is 0 Å². The fourth-order valence-electron chi connectivity index (χ4n) is 6.07. The van der Waals surface area contributed by atoms with Gasteiger partial charge in [0.2, 0.25) is 17.7 Å². The summed E-state index contributed by atoms with van der Waals surface area (Å²) in [5, 5.41) is 5.46. The van der Waals surface area contributed by atoms with Gasteiger partial charge in [-0.05, 0) is 81.6 Å². The largest absolute Gasteiger partial charge is 0.375 e. The summed E-state index contributed by atoms with van der Waals surface area (Å²) in [6.07, 6.45) is 6.60. The molecule has 1 unspecified atom stereocenters. The van der Waals surface area contributed by atoms with Crippen LogP contribution in [0.2, 0.25) is 0 Å². The predicted octanol–water partition coefficient (Wildman–Crippen LogP) is 3.23. The van der Waals surface area contributed by atoms with Crippen LogP contribution in [0.3, 0.4) is 0 Å². The Morgan fingerprint density at radius 3 is 2.58 bits per heavy atom. The third kappa shape index (κ3) is 5.70. The van der Waals surface area contributed by atoms with Crippen molar-refractivity contribution in [3.63, 3.8) is 0 Å². The average molecular weight is 519 g/mol. The third-order valence-electron chi connectivity index (χ3n) is 8.28. The lowest BCUT2D eigenvalue weighted by Gasteiger charge is -2.40. The molecule has 0 aliphatic carbocycles. The number of imide groups is 1. The van der Waals surface area contributed by atoms with Crippen LogP contribution in [0, 0.1) is 0 Å². The summed E-state index contributed by atoms with van der Waals surface area (Å²) in [4.78, 5) is 41.1. The number of amides is 3. The summed E-state index contributed by atoms with van der Waals surface area (Å²) < 4.78 is 19.9. The van der Waals surface area contributed by atoms with Gasteiger partial charge in [0.1, 0.15) is 6.04 Å². The van der Waals surface area contributed by atoms with E-state index in [-0.39, 0.29) is 41.4 Å². The first kappa shape index (κ1) is 25.5. The molecule has 0 bridgehead atoms. The second-order valence-corrected chi connectivity index (χ2v) is 11.1. The number of nitrogens with one attached hydrogen (secondary N) is 2. The Labute approximate surface area is 216 Å². The zero-order chi connectivity index (χ0) is 25.1. The molecule has 8 nitrogen and oxygen atoms in total. The van der Waals surface area contributed by atoms with E-state index in [1.165, 1.54) is 0 Å². The Morgan fingerprint density at radius 1 is 1.14 bits per heavy atom. The van der Waals surface area contributed by atoms with E-state index in [1.807, 2.05) is 17.0 Å². The van der Waals surface area contributed by atoms with Crippen LogP contribution in [0.25, 0.3) is 0 Å². The fourth-order valence-corrected chi connectivity index (χ4v) is 6.56. The fraction of sp³-hybridized carbons (Fsp3) is 0.654. The number of piperidine rings is 3. The van der Waals surface area contributed by atoms with E-state index in [0.29, 0.717) is 30.0 Å². The van der Waals surface area contributed by atoms with Gasteiger partial charge in [-0.25, -0.2) is 0 Å². The minimum Gasteiger partial charge on any atom is -0.375 e. The van der Waals surface area contributed by atoms with E-state index in [0.717, 1.165) is 76.9 Å². The van der Waals surface area contributed by atoms with Crippen LogP contribution in [0.5, 0.6) is 0 Å². The highest BCUT2D eigenvalue weighted by Crippen LogP contribution is 2.38. The predicted molar refractivity (Wildman–Crippen MR) is 135 cm³/mol. The second kappa shape index (κ2) is 11.1. The van der Waals surface area contributed by atoms with Gasteiger partial charge in [-0.1, -0.05) is 6.07 Å². The molecule has 0 radical (unpaired) electrons. The van der Waals surface area contributed by atoms with Crippen LogP contribution in [-0.2, 0) is 19.1 Å². The lowest BCUT2D eigenvalue weighted by Crippen LogP contribution is -2.49. The molecule has 4 aliphatic rings. The Kier molecular flexibility index (Phi) is 7.83. The molecule has 1 atom stereocenters. The number of ether oxygens (including phenoxy) is 1. The first-order valence-corrected chi connectivity index (χ1v) is 13.8. The third-order valence-corrected chi connectivity index (χ3v) is 8.80. The van der Waals surface area contributed by atoms with Crippen molar-refractivity contribution in [2.45, 2.75) is 73.8 Å². The SMILES string of the molecule is O=C1CCC(Nc2ccc(C3CCN(CC(=O)N4CCC5(CCCO5)CC4)CC3)c(SF)c2)C(=O)N1. The van der Waals surface area contributed by atoms with E-state index < -0.39 is 6.04 Å². The number of hydrogen-bond acceptors (Lipinski definition) is 7. The highest BCUT2D eigenvalue weighted by molar-refractivity contribution is 7.94. The minimum absolute atomic E-state index is 0.0220. The minimum atomic E-state index is -0.497. The highest BCUT2D eigenvalue weighted by atomic mass is 32.2. The van der Waals surface area contributed by atoms with Crippen molar-refractivity contribution in [2.24, 2.45) is 0 Å². The van der Waals surface area contributed by atoms with Gasteiger partial charge in [0.05, 0.1) is 24.3 Å². The van der Waals surface area contributed by atoms with Gasteiger partial charge in [-0.2, -0.15) is 3.89 Å². The molecule has 2 N–H and O–H groups in total. The first-order chi connectivity index (χ1) is 17.4. The average Bonchev–Trinajstić information content (AvgIpc) is 3.34. The van der Waals surface area contributed by atoms with Gasteiger partial charge >= 0.3 is 0 Å². The van der Waals surface area contributed by atoms with Gasteiger partial charge in [0, 0.05) is 36.7 Å². The van der Waals surface area contributed by atoms with E-state index in [9.17, 15) is 18.3 Å². The van der Waals surface area contributed by atoms with Crippen LogP contribution < -0.4 is 10.6 Å². The molecule has 0 saturated carbocycles. The molecule has 1 spiro atoms. The van der Waals surface area contributed by atoms with Gasteiger partial charge < -0.3 is 15.0 Å². The van der Waals surface area contributed by atoms with E-state index in [1.54, 1.807) is 6.07 Å². The monoisotopic (exact) mass is 518 g/mol. The van der Waals surface area contributed by atoms with Gasteiger partial charge in [0.25, 0.3) is 0 Å². The molecular weight excluding hydrogens is 483 g/mol. The van der Waals surface area contributed by atoms with E-state index >= 15 is 0 Å². The molecule has 3 amide bonds. The molecule has 36 heavy (non-hydrogen) atoms. The second-order valence-electron chi connectivity index (χ2n) is 10.5. The number of anilines is 1. The summed E-state index contributed by atoms with van der Waals surface area (Å²) in [7, 11) is 0. The maximum atomic E-state index is 13.9. The van der Waals surface area contributed by atoms with Crippen molar-refractivity contribution < 1.29 is 23.0 Å². The van der Waals surface area contributed by atoms with Crippen LogP contribution in [-0.4, -0.2) is 78.5 Å². The lowest BCUT2D eigenvalue weighted by molar-refractivity contribution is -0.137. The smallest absolute Gasteiger partial charge is 0.249 e. The number of hydrogen-bond donors (Lipinski definition) is 2. The molecule has 5 rings (SSSR count). The quantitative estimate of drug-likeness (QED) is 0.559. The lowest BCUT2D eigenvalue weighted by atomic mass is 9.88. The Bertz CT molecular complexity index is 984. The molecule has 1 aromatic carbocycles. The molecule has 4 fully saturated rings. The standard InChI is InChI=1S/C26H35FN4O4S/c27-36-22-16-19(28-21-4-5-23(32)29-25(21)34)2-3-20(22)18-6-11-30(12-7-18)17-24(33)31-13-9-26(10-14-31)8-1-15-35-26/h2-3,16,18,21,28H,1,4-15,17H2,(H,29,32,34). The molecule has 4 saturated heterocycles. The van der Waals surface area contributed by atoms with E-state index in [4.69, 9.17) is 4.74 Å². The zero-order valence-electron chi connectivity index (χ0n) is 20.6. The van der Waals surface area contributed by atoms with Crippen molar-refractivity contribution in [3.8, 4) is 0 Å². The molecule has 4 heterocycles. The molecule has 10 heteroatoms. The van der Waals surface area contributed by atoms with Crippen LogP contribution >= 0.6 is 12.1 Å². The van der Waals surface area contributed by atoms with Gasteiger partial charge in [-0.15, -0.1) is 0 Å². The normalized spacial score (nSPS) is 25.2. The Morgan fingerprint density at radius 2 is 1.92 bits per heavy atom. The molecule has 0 aromatic heterocycles. The zero-order valence-corrected chi connectivity index (χ0v) is 21.4. The molecule has 196 valence electrons. The Hall–Kier alpha value is -2.17. The summed E-state index contributed by atoms with van der Waals surface area (Å²) >= 11 is 0.225. The van der Waals surface area contributed by atoms with Gasteiger partial charge in [-0.3, -0.25) is 24.6 Å². The number of carbonyl (C=O) groups is 3. The van der Waals surface area contributed by atoms with E-state index in [2.05, 4.69) is 15.5 Å². The number of nitrogens with zero attached hydrogens (tertiary/aromatic N) is 2. The number of benzene rings is 1. The maximum absolute atomic E-state index is 13.9. The molecule has 4 aliphatic heterocycles. The maximum Gasteiger partial charge on any atom is 0.249 e. The molecule has 1 aromatic rings. The number of rotatable bonds is 6. The topological polar surface area (TPSA) is 91.0 Å². The van der Waals surface area contributed by atoms with Crippen LogP contribution in [0.15, 0.2) is 23.1 Å². The summed E-state index contributed by atoms with van der Waals surface area (Å²) in [5.74, 6) is -0.175. The van der Waals surface area contributed by atoms with Crippen LogP contribution in [0.1, 0.15) is 62.8 Å². The van der Waals surface area contributed by atoms with Crippen molar-refractivity contribution in [2.75, 3.05) is 44.6 Å². The first-order valence-electron chi connectivity index (χ1n) is 13.1. The number of likely N-dealkylation sites (tertiary alicyclic amines) is 2. The number of halogens is 1. The summed E-state index contributed by atoms with van der Waals surface area (Å²) in [6.45, 7) is 4.48. The van der Waals surface area contributed by atoms with Crippen molar-refractivity contribution in [1.29, 1.82) is 0 Å². The van der Waals surface area contributed by atoms with Crippen molar-refractivity contribution in [1.82, 2.24) is 15.1 Å². The highest BCUT2D eigenvalue weighted by Gasteiger charge is 2.39. The van der Waals surface area contributed by atoms with Crippen molar-refractivity contribution >= 4 is 35.6 Å². The van der Waals surface area contributed by atoms with Crippen LogP contribution in [0.4, 0.5) is 9.57 Å². The number of carbonyl (C=O) groups excluding carboxylic acids is 3. The van der Waals surface area contributed by atoms with Crippen molar-refractivity contribution in [3.05, 3.63) is 23.8 Å². The Balaban J connectivity index is 1.11. The summed E-state index contributed by atoms with van der Waals surface area (Å²) in [6, 6.07) is 5.07.